The number of nitrogens with one attached hydrogen (secondary N) is 1. The molecule has 0 bridgehead atoms. The molecule has 3 nitrogen and oxygen atoms in total. The minimum Gasteiger partial charge on any atom is -0.381 e. The van der Waals surface area contributed by atoms with Crippen molar-refractivity contribution in [3.05, 3.63) is 29.8 Å². The summed E-state index contributed by atoms with van der Waals surface area (Å²) in [7, 11) is 2.06. The van der Waals surface area contributed by atoms with Crippen LogP contribution in [0.4, 0.5) is 5.69 Å². The van der Waals surface area contributed by atoms with E-state index in [0.29, 0.717) is 12.0 Å². The van der Waals surface area contributed by atoms with Crippen LogP contribution in [0.25, 0.3) is 0 Å². The molecule has 1 aromatic rings. The maximum Gasteiger partial charge on any atom is 0.0469 e. The Morgan fingerprint density at radius 3 is 2.80 bits per heavy atom. The number of likely N-dealkylation sites (N-methyl/N-ethyl adjacent to an activating group) is 1. The zero-order valence-corrected chi connectivity index (χ0v) is 12.6. The molecule has 1 N–H and O–H groups in total. The lowest BCUT2D eigenvalue weighted by atomic mass is 9.95. The topological polar surface area (TPSA) is 24.5 Å². The first kappa shape index (κ1) is 13.9. The molecule has 0 aliphatic carbocycles. The van der Waals surface area contributed by atoms with E-state index in [2.05, 4.69) is 48.5 Å². The number of anilines is 1. The molecule has 2 atom stereocenters. The van der Waals surface area contributed by atoms with Crippen LogP contribution in [0.1, 0.15) is 31.2 Å². The number of fused-ring (bicyclic) bond motifs is 1. The van der Waals surface area contributed by atoms with Crippen molar-refractivity contribution in [1.82, 2.24) is 5.32 Å². The number of para-hydroxylation sites is 1. The molecule has 1 fully saturated rings. The summed E-state index contributed by atoms with van der Waals surface area (Å²) in [6.07, 6.45) is 2.43. The number of hydrogen-bond acceptors (Lipinski definition) is 3. The maximum atomic E-state index is 5.48. The van der Waals surface area contributed by atoms with E-state index in [1.165, 1.54) is 30.6 Å². The third-order valence-electron chi connectivity index (χ3n) is 4.97. The van der Waals surface area contributed by atoms with Gasteiger partial charge < -0.3 is 15.0 Å². The first-order valence-electron chi connectivity index (χ1n) is 7.88. The standard InChI is InChI=1S/C17H26N2O/c1-13(18-2)16-12-19(11-14-7-9-20-10-8-14)17-6-4-3-5-15(16)17/h3-6,13-14,16,18H,7-12H2,1-2H3. The third kappa shape index (κ3) is 2.70. The SMILES string of the molecule is CNC(C)C1CN(CC2CCOCC2)c2ccccc21. The van der Waals surface area contributed by atoms with Crippen molar-refractivity contribution in [2.45, 2.75) is 31.7 Å². The molecule has 0 saturated carbocycles. The highest BCUT2D eigenvalue weighted by Gasteiger charge is 2.32. The van der Waals surface area contributed by atoms with Gasteiger partial charge in [0, 0.05) is 44.0 Å². The predicted molar refractivity (Wildman–Crippen MR) is 83.5 cm³/mol. The molecule has 1 aromatic carbocycles. The van der Waals surface area contributed by atoms with Crippen molar-refractivity contribution >= 4 is 5.69 Å². The molecule has 110 valence electrons. The summed E-state index contributed by atoms with van der Waals surface area (Å²) in [6.45, 7) is 6.51. The van der Waals surface area contributed by atoms with Crippen LogP contribution in [-0.2, 0) is 4.74 Å². The molecule has 2 unspecified atom stereocenters. The zero-order valence-electron chi connectivity index (χ0n) is 12.6. The fourth-order valence-electron chi connectivity index (χ4n) is 3.57. The highest BCUT2D eigenvalue weighted by Crippen LogP contribution is 2.38. The highest BCUT2D eigenvalue weighted by atomic mass is 16.5. The van der Waals surface area contributed by atoms with Gasteiger partial charge in [0.25, 0.3) is 0 Å². The Labute approximate surface area is 122 Å². The minimum atomic E-state index is 0.524. The predicted octanol–water partition coefficient (Wildman–Crippen LogP) is 2.62. The van der Waals surface area contributed by atoms with Gasteiger partial charge >= 0.3 is 0 Å². The number of rotatable bonds is 4. The van der Waals surface area contributed by atoms with E-state index in [-0.39, 0.29) is 0 Å². The van der Waals surface area contributed by atoms with E-state index in [1.54, 1.807) is 0 Å². The summed E-state index contributed by atoms with van der Waals surface area (Å²) in [6, 6.07) is 9.46. The van der Waals surface area contributed by atoms with Crippen molar-refractivity contribution in [2.75, 3.05) is 38.3 Å². The molecule has 0 amide bonds. The smallest absolute Gasteiger partial charge is 0.0469 e. The second kappa shape index (κ2) is 6.15. The van der Waals surface area contributed by atoms with Crippen LogP contribution < -0.4 is 10.2 Å². The number of benzene rings is 1. The first-order valence-corrected chi connectivity index (χ1v) is 7.88. The lowest BCUT2D eigenvalue weighted by Crippen LogP contribution is -2.35. The first-order chi connectivity index (χ1) is 9.79. The maximum absolute atomic E-state index is 5.48. The number of hydrogen-bond donors (Lipinski definition) is 1. The van der Waals surface area contributed by atoms with E-state index in [4.69, 9.17) is 4.74 Å². The van der Waals surface area contributed by atoms with Crippen molar-refractivity contribution in [3.63, 3.8) is 0 Å². The van der Waals surface area contributed by atoms with Gasteiger partial charge in [0.15, 0.2) is 0 Å². The van der Waals surface area contributed by atoms with Crippen molar-refractivity contribution in [1.29, 1.82) is 0 Å². The average Bonchev–Trinajstić information content (AvgIpc) is 2.87. The Morgan fingerprint density at radius 2 is 2.05 bits per heavy atom. The molecule has 2 aliphatic rings. The third-order valence-corrected chi connectivity index (χ3v) is 4.97. The van der Waals surface area contributed by atoms with Gasteiger partial charge in [0.05, 0.1) is 0 Å². The fraction of sp³-hybridized carbons (Fsp3) is 0.647. The van der Waals surface area contributed by atoms with Crippen molar-refractivity contribution in [3.8, 4) is 0 Å². The van der Waals surface area contributed by atoms with Gasteiger partial charge in [0.2, 0.25) is 0 Å². The van der Waals surface area contributed by atoms with Gasteiger partial charge in [-0.2, -0.15) is 0 Å². The summed E-state index contributed by atoms with van der Waals surface area (Å²) >= 11 is 0. The van der Waals surface area contributed by atoms with Crippen LogP contribution in [0.15, 0.2) is 24.3 Å². The van der Waals surface area contributed by atoms with Crippen molar-refractivity contribution < 1.29 is 4.74 Å². The van der Waals surface area contributed by atoms with Crippen molar-refractivity contribution in [2.24, 2.45) is 5.92 Å². The Morgan fingerprint density at radius 1 is 1.30 bits per heavy atom. The molecule has 0 aromatic heterocycles. The molecule has 0 spiro atoms. The molecule has 0 radical (unpaired) electrons. The van der Waals surface area contributed by atoms with E-state index >= 15 is 0 Å². The normalized spacial score (nSPS) is 24.7. The Bertz CT molecular complexity index is 440. The number of nitrogens with zero attached hydrogens (tertiary/aromatic N) is 1. The van der Waals surface area contributed by atoms with Crippen LogP contribution in [0.3, 0.4) is 0 Å². The van der Waals surface area contributed by atoms with E-state index in [9.17, 15) is 0 Å². The Balaban J connectivity index is 1.76. The molecular formula is C17H26N2O. The van der Waals surface area contributed by atoms with Crippen LogP contribution in [-0.4, -0.2) is 39.4 Å². The van der Waals surface area contributed by atoms with Crippen LogP contribution in [0.2, 0.25) is 0 Å². The van der Waals surface area contributed by atoms with E-state index < -0.39 is 0 Å². The lowest BCUT2D eigenvalue weighted by molar-refractivity contribution is 0.0682. The average molecular weight is 274 g/mol. The van der Waals surface area contributed by atoms with Gasteiger partial charge in [-0.05, 0) is 44.4 Å². The van der Waals surface area contributed by atoms with Crippen LogP contribution >= 0.6 is 0 Å². The minimum absolute atomic E-state index is 0.524. The van der Waals surface area contributed by atoms with Crippen LogP contribution in [0, 0.1) is 5.92 Å². The second-order valence-corrected chi connectivity index (χ2v) is 6.20. The van der Waals surface area contributed by atoms with Gasteiger partial charge in [-0.15, -0.1) is 0 Å². The van der Waals surface area contributed by atoms with Gasteiger partial charge in [-0.3, -0.25) is 0 Å². The summed E-state index contributed by atoms with van der Waals surface area (Å²) in [5, 5.41) is 3.43. The quantitative estimate of drug-likeness (QED) is 0.913. The second-order valence-electron chi connectivity index (χ2n) is 6.20. The molecule has 2 aliphatic heterocycles. The molecule has 20 heavy (non-hydrogen) atoms. The van der Waals surface area contributed by atoms with Gasteiger partial charge in [-0.25, -0.2) is 0 Å². The zero-order chi connectivity index (χ0) is 13.9. The lowest BCUT2D eigenvalue weighted by Gasteiger charge is -2.29. The van der Waals surface area contributed by atoms with Gasteiger partial charge in [0.1, 0.15) is 0 Å². The molecule has 3 rings (SSSR count). The monoisotopic (exact) mass is 274 g/mol. The fourth-order valence-corrected chi connectivity index (χ4v) is 3.57. The summed E-state index contributed by atoms with van der Waals surface area (Å²) < 4.78 is 5.48. The van der Waals surface area contributed by atoms with Gasteiger partial charge in [-0.1, -0.05) is 18.2 Å². The Kier molecular flexibility index (Phi) is 4.27. The largest absolute Gasteiger partial charge is 0.381 e. The molecule has 1 saturated heterocycles. The summed E-state index contributed by atoms with van der Waals surface area (Å²) in [4.78, 5) is 2.60. The molecular weight excluding hydrogens is 248 g/mol. The molecule has 2 heterocycles. The van der Waals surface area contributed by atoms with E-state index in [0.717, 1.165) is 25.7 Å². The molecule has 3 heteroatoms. The highest BCUT2D eigenvalue weighted by molar-refractivity contribution is 5.60. The summed E-state index contributed by atoms with van der Waals surface area (Å²) in [5.41, 5.74) is 2.97. The van der Waals surface area contributed by atoms with E-state index in [1.807, 2.05) is 0 Å². The number of ether oxygens (including phenoxy) is 1. The Hall–Kier alpha value is -1.06. The van der Waals surface area contributed by atoms with Crippen LogP contribution in [0.5, 0.6) is 0 Å². The summed E-state index contributed by atoms with van der Waals surface area (Å²) in [5.74, 6) is 1.40.